The van der Waals surface area contributed by atoms with Gasteiger partial charge in [-0.2, -0.15) is 0 Å². The van der Waals surface area contributed by atoms with Crippen molar-refractivity contribution >= 4 is 0 Å². The van der Waals surface area contributed by atoms with E-state index >= 15 is 0 Å². The Morgan fingerprint density at radius 2 is 2.25 bits per heavy atom. The fourth-order valence-electron chi connectivity index (χ4n) is 2.79. The third-order valence-electron chi connectivity index (χ3n) is 3.75. The highest BCUT2D eigenvalue weighted by atomic mass is 19.1. The maximum absolute atomic E-state index is 13.2. The molecule has 1 aromatic carbocycles. The van der Waals surface area contributed by atoms with Crippen LogP contribution in [0.15, 0.2) is 24.3 Å². The monoisotopic (exact) mass is 221 g/mol. The molecule has 1 saturated heterocycles. The summed E-state index contributed by atoms with van der Waals surface area (Å²) < 4.78 is 19.2. The maximum Gasteiger partial charge on any atom is 0.123 e. The van der Waals surface area contributed by atoms with E-state index < -0.39 is 0 Å². The predicted molar refractivity (Wildman–Crippen MR) is 59.7 cm³/mol. The first-order valence-electron chi connectivity index (χ1n) is 5.93. The summed E-state index contributed by atoms with van der Waals surface area (Å²) in [5.74, 6) is -0.167. The Labute approximate surface area is 94.8 Å². The second-order valence-corrected chi connectivity index (χ2v) is 4.71. The summed E-state index contributed by atoms with van der Waals surface area (Å²) in [7, 11) is 0. The fourth-order valence-corrected chi connectivity index (χ4v) is 2.79. The van der Waals surface area contributed by atoms with E-state index in [4.69, 9.17) is 4.74 Å². The van der Waals surface area contributed by atoms with E-state index in [1.165, 1.54) is 12.5 Å². The molecule has 1 saturated carbocycles. The molecule has 86 valence electrons. The van der Waals surface area contributed by atoms with Gasteiger partial charge in [0.2, 0.25) is 0 Å². The highest BCUT2D eigenvalue weighted by Crippen LogP contribution is 2.46. The van der Waals surface area contributed by atoms with E-state index in [0.717, 1.165) is 31.6 Å². The number of halogens is 1. The van der Waals surface area contributed by atoms with E-state index in [1.807, 2.05) is 6.07 Å². The minimum Gasteiger partial charge on any atom is -0.372 e. The molecule has 1 N–H and O–H groups in total. The average Bonchev–Trinajstić information content (AvgIpc) is 2.27. The van der Waals surface area contributed by atoms with Gasteiger partial charge in [0.05, 0.1) is 18.2 Å². The molecule has 0 amide bonds. The van der Waals surface area contributed by atoms with Gasteiger partial charge in [-0.05, 0) is 37.0 Å². The number of nitrogens with one attached hydrogen (secondary N) is 1. The number of hydrogen-bond donors (Lipinski definition) is 1. The quantitative estimate of drug-likeness (QED) is 0.786. The molecule has 0 aromatic heterocycles. The van der Waals surface area contributed by atoms with Crippen molar-refractivity contribution in [3.8, 4) is 0 Å². The zero-order valence-corrected chi connectivity index (χ0v) is 9.21. The molecule has 1 unspecified atom stereocenters. The lowest BCUT2D eigenvalue weighted by atomic mass is 9.71. The molecular weight excluding hydrogens is 205 g/mol. The van der Waals surface area contributed by atoms with Crippen LogP contribution in [0.3, 0.4) is 0 Å². The Hall–Kier alpha value is -0.930. The number of benzene rings is 1. The number of morpholine rings is 1. The lowest BCUT2D eigenvalue weighted by molar-refractivity contribution is -0.146. The Balaban J connectivity index is 1.92. The highest BCUT2D eigenvalue weighted by molar-refractivity contribution is 5.25. The molecule has 16 heavy (non-hydrogen) atoms. The minimum absolute atomic E-state index is 0.0634. The number of rotatable bonds is 1. The van der Waals surface area contributed by atoms with Crippen molar-refractivity contribution in [3.63, 3.8) is 0 Å². The summed E-state index contributed by atoms with van der Waals surface area (Å²) in [6.07, 6.45) is 3.38. The summed E-state index contributed by atoms with van der Waals surface area (Å²) in [6.45, 7) is 1.62. The van der Waals surface area contributed by atoms with E-state index in [9.17, 15) is 4.39 Å². The van der Waals surface area contributed by atoms with E-state index in [0.29, 0.717) is 0 Å². The topological polar surface area (TPSA) is 21.3 Å². The molecule has 3 rings (SSSR count). The molecule has 1 heterocycles. The van der Waals surface area contributed by atoms with Crippen molar-refractivity contribution in [2.75, 3.05) is 13.2 Å². The Kier molecular flexibility index (Phi) is 2.45. The fraction of sp³-hybridized carbons (Fsp3) is 0.538. The Morgan fingerprint density at radius 1 is 1.38 bits per heavy atom. The smallest absolute Gasteiger partial charge is 0.123 e. The lowest BCUT2D eigenvalue weighted by Crippen LogP contribution is -2.56. The predicted octanol–water partition coefficient (Wildman–Crippen LogP) is 2.41. The molecule has 0 radical (unpaired) electrons. The van der Waals surface area contributed by atoms with Crippen LogP contribution in [0.1, 0.15) is 30.9 Å². The van der Waals surface area contributed by atoms with Crippen molar-refractivity contribution in [2.24, 2.45) is 0 Å². The molecule has 1 spiro atoms. The number of ether oxygens (including phenoxy) is 1. The highest BCUT2D eigenvalue weighted by Gasteiger charge is 2.47. The van der Waals surface area contributed by atoms with Crippen LogP contribution < -0.4 is 5.32 Å². The molecule has 1 aliphatic carbocycles. The summed E-state index contributed by atoms with van der Waals surface area (Å²) >= 11 is 0. The zero-order chi connectivity index (χ0) is 11.0. The maximum atomic E-state index is 13.2. The van der Waals surface area contributed by atoms with Gasteiger partial charge < -0.3 is 10.1 Å². The molecule has 2 nitrogen and oxygen atoms in total. The lowest BCUT2D eigenvalue weighted by Gasteiger charge is -2.50. The molecule has 1 aromatic rings. The normalized spacial score (nSPS) is 27.7. The van der Waals surface area contributed by atoms with E-state index in [2.05, 4.69) is 5.32 Å². The van der Waals surface area contributed by atoms with Gasteiger partial charge in [0.15, 0.2) is 0 Å². The van der Waals surface area contributed by atoms with Gasteiger partial charge in [-0.3, -0.25) is 0 Å². The van der Waals surface area contributed by atoms with Gasteiger partial charge >= 0.3 is 0 Å². The second-order valence-electron chi connectivity index (χ2n) is 4.71. The summed E-state index contributed by atoms with van der Waals surface area (Å²) in [5.41, 5.74) is 0.950. The summed E-state index contributed by atoms with van der Waals surface area (Å²) in [4.78, 5) is 0. The second kappa shape index (κ2) is 3.82. The van der Waals surface area contributed by atoms with Crippen LogP contribution in [-0.2, 0) is 4.74 Å². The first kappa shape index (κ1) is 10.2. The first-order chi connectivity index (χ1) is 7.80. The number of hydrogen-bond acceptors (Lipinski definition) is 2. The van der Waals surface area contributed by atoms with Crippen molar-refractivity contribution < 1.29 is 9.13 Å². The first-order valence-corrected chi connectivity index (χ1v) is 5.93. The summed E-state index contributed by atoms with van der Waals surface area (Å²) in [6, 6.07) is 7.02. The Bertz CT molecular complexity index is 389. The standard InChI is InChI=1S/C13H16FNO/c14-11-4-1-3-10(9-11)12-13(5-2-6-13)16-8-7-15-12/h1,3-4,9,12,15H,2,5-8H2. The molecular formula is C13H16FNO. The molecule has 3 heteroatoms. The van der Waals surface area contributed by atoms with Crippen LogP contribution in [0.4, 0.5) is 4.39 Å². The van der Waals surface area contributed by atoms with Gasteiger partial charge in [-0.25, -0.2) is 4.39 Å². The molecule has 1 aliphatic heterocycles. The largest absolute Gasteiger partial charge is 0.372 e. The van der Waals surface area contributed by atoms with Crippen LogP contribution in [0, 0.1) is 5.82 Å². The van der Waals surface area contributed by atoms with Crippen molar-refractivity contribution in [1.82, 2.24) is 5.32 Å². The molecule has 1 atom stereocenters. The van der Waals surface area contributed by atoms with Gasteiger partial charge in [0, 0.05) is 6.54 Å². The van der Waals surface area contributed by atoms with Crippen molar-refractivity contribution in [2.45, 2.75) is 30.9 Å². The minimum atomic E-state index is -0.167. The van der Waals surface area contributed by atoms with Gasteiger partial charge in [0.25, 0.3) is 0 Å². The van der Waals surface area contributed by atoms with Crippen LogP contribution in [-0.4, -0.2) is 18.8 Å². The van der Waals surface area contributed by atoms with Gasteiger partial charge in [0.1, 0.15) is 5.82 Å². The third-order valence-corrected chi connectivity index (χ3v) is 3.75. The van der Waals surface area contributed by atoms with E-state index in [-0.39, 0.29) is 17.5 Å². The Morgan fingerprint density at radius 3 is 2.94 bits per heavy atom. The van der Waals surface area contributed by atoms with Crippen LogP contribution in [0.25, 0.3) is 0 Å². The molecule has 0 bridgehead atoms. The van der Waals surface area contributed by atoms with E-state index in [1.54, 1.807) is 12.1 Å². The van der Waals surface area contributed by atoms with Crippen LogP contribution in [0.2, 0.25) is 0 Å². The zero-order valence-electron chi connectivity index (χ0n) is 9.21. The molecule has 2 fully saturated rings. The SMILES string of the molecule is Fc1cccc(C2NCCOC23CCC3)c1. The van der Waals surface area contributed by atoms with Crippen molar-refractivity contribution in [1.29, 1.82) is 0 Å². The molecule has 2 aliphatic rings. The van der Waals surface area contributed by atoms with Gasteiger partial charge in [-0.1, -0.05) is 12.1 Å². The summed E-state index contributed by atoms with van der Waals surface area (Å²) in [5, 5.41) is 3.46. The van der Waals surface area contributed by atoms with Crippen molar-refractivity contribution in [3.05, 3.63) is 35.6 Å². The van der Waals surface area contributed by atoms with Gasteiger partial charge in [-0.15, -0.1) is 0 Å². The third kappa shape index (κ3) is 1.55. The van der Waals surface area contributed by atoms with Crippen LogP contribution in [0.5, 0.6) is 0 Å². The average molecular weight is 221 g/mol. The van der Waals surface area contributed by atoms with Crippen LogP contribution >= 0.6 is 0 Å².